The van der Waals surface area contributed by atoms with Crippen LogP contribution in [0.1, 0.15) is 193 Å². The van der Waals surface area contributed by atoms with Crippen molar-refractivity contribution in [2.45, 2.75) is 126 Å². The molecule has 0 aliphatic carbocycles. The number of hydrogen-bond acceptors (Lipinski definition) is 29. The molecular formula is C109H111Cl4F2N29O5. The second-order valence-electron chi connectivity index (χ2n) is 37.1. The van der Waals surface area contributed by atoms with Crippen molar-refractivity contribution in [3.63, 3.8) is 0 Å². The summed E-state index contributed by atoms with van der Waals surface area (Å²) >= 11 is 24.6. The number of aryl methyl sites for hydroxylation is 7. The van der Waals surface area contributed by atoms with Crippen LogP contribution in [0.4, 0.5) is 38.5 Å². The van der Waals surface area contributed by atoms with E-state index < -0.39 is 11.6 Å². The number of rotatable bonds is 26. The normalized spacial score (nSPS) is 14.3. The van der Waals surface area contributed by atoms with Gasteiger partial charge in [0, 0.05) is 114 Å². The third-order valence-electron chi connectivity index (χ3n) is 26.5. The molecule has 5 aliphatic heterocycles. The zero-order valence-electron chi connectivity index (χ0n) is 84.7. The van der Waals surface area contributed by atoms with Crippen molar-refractivity contribution in [2.75, 3.05) is 89.9 Å². The van der Waals surface area contributed by atoms with Crippen LogP contribution in [0.5, 0.6) is 0 Å². The first-order valence-electron chi connectivity index (χ1n) is 48.7. The Kier molecular flexibility index (Phi) is 34.7. The SMILES string of the molecule is CC1=C(c2ccc(CC(=O)c3c(Cl)cccc3Cl)cc2)CN(c2nnn(C)n2)CC1.CC1=C(c2ccc(CC(=O)c3cc(C)ccc3Cl)cc2)CN(c2nnn(C)n2)CC1.CC1=C(c2cnc(CC(=O)c3cc(F)ccc3Cl)cn2)CN(c2nnn(C)n2)CC1.CC1=C(c2cnc(CC(=O)c3ccccc3F)cn2)CN(c2nnn(C)n2)CC1.CCn1nnc(N2CCC(C)=C(c3ccc(CC(=O)c4ccccc4C)cc3)C2)n1. The van der Waals surface area contributed by atoms with Crippen LogP contribution < -0.4 is 24.5 Å². The zero-order chi connectivity index (χ0) is 105. The van der Waals surface area contributed by atoms with Crippen molar-refractivity contribution in [3.8, 4) is 0 Å². The summed E-state index contributed by atoms with van der Waals surface area (Å²) in [7, 11) is 6.99. The molecule has 34 nitrogen and oxygen atoms in total. The van der Waals surface area contributed by atoms with Gasteiger partial charge in [-0.15, -0.1) is 25.5 Å². The summed E-state index contributed by atoms with van der Waals surface area (Å²) in [5.41, 5.74) is 25.4. The van der Waals surface area contributed by atoms with Gasteiger partial charge in [-0.2, -0.15) is 24.0 Å². The van der Waals surface area contributed by atoms with Gasteiger partial charge in [-0.1, -0.05) is 227 Å². The minimum absolute atomic E-state index is 0.00188. The maximum absolute atomic E-state index is 13.8. The van der Waals surface area contributed by atoms with E-state index in [1.54, 1.807) is 94.2 Å². The first-order valence-corrected chi connectivity index (χ1v) is 50.2. The Morgan fingerprint density at radius 2 is 0.664 bits per heavy atom. The van der Waals surface area contributed by atoms with Crippen LogP contribution in [0, 0.1) is 25.5 Å². The quantitative estimate of drug-likeness (QED) is 0.0454. The number of tetrazole rings is 5. The van der Waals surface area contributed by atoms with Gasteiger partial charge in [0.25, 0.3) is 29.7 Å². The van der Waals surface area contributed by atoms with Crippen LogP contribution in [0.15, 0.2) is 229 Å². The highest BCUT2D eigenvalue weighted by Crippen LogP contribution is 2.37. The number of ketones is 5. The van der Waals surface area contributed by atoms with Crippen molar-refractivity contribution in [2.24, 2.45) is 28.2 Å². The largest absolute Gasteiger partial charge is 0.334 e. The van der Waals surface area contributed by atoms with Crippen molar-refractivity contribution in [1.82, 2.24) is 121 Å². The van der Waals surface area contributed by atoms with E-state index in [0.29, 0.717) is 99.8 Å². The molecule has 0 bridgehead atoms. The van der Waals surface area contributed by atoms with Crippen molar-refractivity contribution >= 4 is 133 Å². The van der Waals surface area contributed by atoms with Crippen LogP contribution in [0.2, 0.25) is 20.1 Å². The highest BCUT2D eigenvalue weighted by Gasteiger charge is 2.30. The molecule has 15 aromatic rings. The fourth-order valence-electron chi connectivity index (χ4n) is 17.8. The molecular weight excluding hydrogens is 1980 g/mol. The first-order chi connectivity index (χ1) is 71.8. The van der Waals surface area contributed by atoms with E-state index >= 15 is 0 Å². The van der Waals surface area contributed by atoms with Crippen molar-refractivity contribution in [1.29, 1.82) is 0 Å². The van der Waals surface area contributed by atoms with Crippen LogP contribution >= 0.6 is 46.4 Å². The average molecular weight is 2090 g/mol. The molecule has 0 saturated heterocycles. The van der Waals surface area contributed by atoms with Gasteiger partial charge in [-0.3, -0.25) is 43.9 Å². The van der Waals surface area contributed by atoms with Crippen LogP contribution in [0.3, 0.4) is 0 Å². The number of nitrogens with zero attached hydrogens (tertiary/aromatic N) is 29. The number of carbonyl (C=O) groups is 5. The number of benzene rings is 8. The number of Topliss-reactive ketones (excluding diaryl/α,β-unsaturated/α-hetero) is 5. The van der Waals surface area contributed by atoms with Gasteiger partial charge in [-0.05, 0) is 235 Å². The molecule has 0 atom stereocenters. The summed E-state index contributed by atoms with van der Waals surface area (Å²) in [6.07, 6.45) is 12.0. The van der Waals surface area contributed by atoms with Crippen molar-refractivity contribution in [3.05, 3.63) is 355 Å². The Bertz CT molecular complexity index is 7380. The summed E-state index contributed by atoms with van der Waals surface area (Å²) in [5, 5.41) is 63.4. The lowest BCUT2D eigenvalue weighted by molar-refractivity contribution is 0.0980. The van der Waals surface area contributed by atoms with Gasteiger partial charge >= 0.3 is 0 Å². The van der Waals surface area contributed by atoms with E-state index in [1.807, 2.05) is 91.2 Å². The molecule has 40 heteroatoms. The highest BCUT2D eigenvalue weighted by atomic mass is 35.5. The third kappa shape index (κ3) is 27.0. The van der Waals surface area contributed by atoms with Gasteiger partial charge in [0.1, 0.15) is 11.6 Å². The lowest BCUT2D eigenvalue weighted by atomic mass is 9.93. The molecule has 0 N–H and O–H groups in total. The van der Waals surface area contributed by atoms with E-state index in [4.69, 9.17) is 46.4 Å². The van der Waals surface area contributed by atoms with Gasteiger partial charge in [0.05, 0.1) is 114 Å². The Labute approximate surface area is 880 Å². The number of hydrogen-bond donors (Lipinski definition) is 0. The van der Waals surface area contributed by atoms with Crippen LogP contribution in [-0.2, 0) is 66.8 Å². The number of anilines is 5. The fourth-order valence-corrected chi connectivity index (χ4v) is 18.8. The molecule has 0 unspecified atom stereocenters. The predicted molar refractivity (Wildman–Crippen MR) is 571 cm³/mol. The molecule has 20 rings (SSSR count). The van der Waals surface area contributed by atoms with Crippen molar-refractivity contribution < 1.29 is 32.8 Å². The number of halogens is 6. The molecule has 0 spiro atoms. The highest BCUT2D eigenvalue weighted by molar-refractivity contribution is 6.40. The smallest absolute Gasteiger partial charge is 0.266 e. The Hall–Kier alpha value is -15.7. The zero-order valence-corrected chi connectivity index (χ0v) is 87.7. The summed E-state index contributed by atoms with van der Waals surface area (Å²) in [6.45, 7) is 25.0. The monoisotopic (exact) mass is 2080 g/mol. The Morgan fingerprint density at radius 1 is 0.322 bits per heavy atom. The second kappa shape index (κ2) is 48.8. The lowest BCUT2D eigenvalue weighted by Gasteiger charge is -2.29. The van der Waals surface area contributed by atoms with Gasteiger partial charge < -0.3 is 24.5 Å². The van der Waals surface area contributed by atoms with Gasteiger partial charge in [0.15, 0.2) is 28.9 Å². The summed E-state index contributed by atoms with van der Waals surface area (Å²) < 4.78 is 27.2. The Balaban J connectivity index is 0.000000133. The van der Waals surface area contributed by atoms with E-state index in [1.165, 1.54) is 93.6 Å². The van der Waals surface area contributed by atoms with E-state index in [9.17, 15) is 32.8 Å². The molecule has 0 radical (unpaired) electrons. The maximum atomic E-state index is 13.8. The standard InChI is InChI=1S/C24H27N5O.C23H24ClN5O.C22H21Cl2N5O.C20H19ClFN7O.C20H20FN7O/c1-4-29-26-24(25-27-29)28-14-13-18(3)22(16-28)20-11-9-19(10-12-20)15-23(30)21-8-6-5-7-17(21)2;1-15-4-9-21(24)19(12-15)22(30)13-17-5-7-18(8-6-17)20-14-29(11-10-16(20)2)23-25-27-28(3)26-23;1-14-10-11-29(22-25-27-28(2)26-22)13-17(14)16-8-6-15(7-9-16)12-20(30)21-18(23)4-3-5-19(21)24;1-12-5-6-29(20-25-27-28(2)26-20)11-16(12)18-10-23-14(9-24-18)8-19(30)15-7-13(22)3-4-17(15)21;1-13-7-8-28(20-24-26-27(2)25-20)12-16(13)18-11-22-14(10-23-18)9-19(29)15-5-3-4-6-17(15)21/h5-12H,4,13-16H2,1-3H3;4-9,12H,10-11,13-14H2,1-3H3;3-9H,10-13H2,1-2H3;3-4,7,9-10H,5-6,8,11H2,1-2H3;3-6,10-11H,7-9,12H2,1-2H3. The summed E-state index contributed by atoms with van der Waals surface area (Å²) in [5.74, 6) is 1.56. The molecule has 0 fully saturated rings. The summed E-state index contributed by atoms with van der Waals surface area (Å²) in [4.78, 5) is 98.6. The average Bonchev–Trinajstić information content (AvgIpc) is 1.81. The minimum atomic E-state index is -0.525. The predicted octanol–water partition coefficient (Wildman–Crippen LogP) is 18.2. The maximum Gasteiger partial charge on any atom is 0.266 e. The minimum Gasteiger partial charge on any atom is -0.334 e. The lowest BCUT2D eigenvalue weighted by Crippen LogP contribution is -2.32. The Morgan fingerprint density at radius 3 is 1.04 bits per heavy atom. The first kappa shape index (κ1) is 106. The van der Waals surface area contributed by atoms with Gasteiger partial charge in [-0.25, -0.2) is 8.78 Å². The summed E-state index contributed by atoms with van der Waals surface area (Å²) in [6, 6.07) is 52.8. The van der Waals surface area contributed by atoms with E-state index in [0.717, 1.165) is 158 Å². The fraction of sp³-hybridized carbons (Fsp3) is 0.303. The molecule has 149 heavy (non-hydrogen) atoms. The molecule has 5 aliphatic rings. The molecule has 7 aromatic heterocycles. The topological polar surface area (TPSA) is 371 Å². The molecule has 0 saturated carbocycles. The van der Waals surface area contributed by atoms with Crippen LogP contribution in [-0.4, -0.2) is 215 Å². The third-order valence-corrected chi connectivity index (χ3v) is 27.7. The van der Waals surface area contributed by atoms with E-state index in [2.05, 4.69) is 195 Å². The molecule has 8 aromatic carbocycles. The van der Waals surface area contributed by atoms with Gasteiger partial charge in [0.2, 0.25) is 0 Å². The molecule has 764 valence electrons. The molecule has 0 amide bonds. The second-order valence-corrected chi connectivity index (χ2v) is 38.7. The van der Waals surface area contributed by atoms with E-state index in [-0.39, 0.29) is 64.3 Å². The number of aromatic nitrogens is 24. The number of carbonyl (C=O) groups excluding carboxylic acids is 5. The van der Waals surface area contributed by atoms with Crippen LogP contribution in [0.25, 0.3) is 27.9 Å². The molecule has 12 heterocycles.